The molecule has 19 heavy (non-hydrogen) atoms. The van der Waals surface area contributed by atoms with Gasteiger partial charge in [0.15, 0.2) is 0 Å². The predicted octanol–water partition coefficient (Wildman–Crippen LogP) is 1.96. The third kappa shape index (κ3) is 2.17. The summed E-state index contributed by atoms with van der Waals surface area (Å²) in [4.78, 5) is 19.1. The van der Waals surface area contributed by atoms with Crippen molar-refractivity contribution in [2.45, 2.75) is 20.0 Å². The van der Waals surface area contributed by atoms with Crippen LogP contribution in [-0.4, -0.2) is 16.6 Å². The second-order valence-electron chi connectivity index (χ2n) is 4.60. The number of nitrogens with zero attached hydrogens (tertiary/aromatic N) is 1. The molecule has 0 radical (unpaired) electrons. The molecule has 0 aliphatic carbocycles. The summed E-state index contributed by atoms with van der Waals surface area (Å²) in [5, 5.41) is 0. The summed E-state index contributed by atoms with van der Waals surface area (Å²) in [6.07, 6.45) is 0.612. The molecule has 1 aromatic carbocycles. The zero-order valence-corrected chi connectivity index (χ0v) is 10.5. The van der Waals surface area contributed by atoms with E-state index in [1.807, 2.05) is 6.92 Å². The van der Waals surface area contributed by atoms with Gasteiger partial charge in [0.2, 0.25) is 0 Å². The second-order valence-corrected chi connectivity index (χ2v) is 4.60. The molecule has 2 heterocycles. The lowest BCUT2D eigenvalue weighted by Crippen LogP contribution is -2.24. The molecule has 0 unspecified atom stereocenters. The molecule has 0 fully saturated rings. The number of hydrogen-bond donors (Lipinski definition) is 1. The fourth-order valence-electron chi connectivity index (χ4n) is 2.22. The number of H-pyrrole nitrogens is 1. The SMILES string of the molecule is Cc1ccc(F)cc1-c1nc2c(c(=O)[nH]1)COCC2. The van der Waals surface area contributed by atoms with Crippen molar-refractivity contribution in [3.8, 4) is 11.4 Å². The fourth-order valence-corrected chi connectivity index (χ4v) is 2.22. The number of hydrogen-bond acceptors (Lipinski definition) is 3. The standard InChI is InChI=1S/C14H13FN2O2/c1-8-2-3-9(15)6-10(8)13-16-12-4-5-19-7-11(12)14(18)17-13/h2-3,6H,4-5,7H2,1H3,(H,16,17,18). The number of aromatic amines is 1. The van der Waals surface area contributed by atoms with Crippen LogP contribution in [0.1, 0.15) is 16.8 Å². The van der Waals surface area contributed by atoms with Crippen LogP contribution in [0.4, 0.5) is 4.39 Å². The molecule has 2 aromatic rings. The lowest BCUT2D eigenvalue weighted by Gasteiger charge is -2.16. The van der Waals surface area contributed by atoms with Gasteiger partial charge in [0.1, 0.15) is 11.6 Å². The zero-order valence-electron chi connectivity index (χ0n) is 10.5. The van der Waals surface area contributed by atoms with Crippen LogP contribution >= 0.6 is 0 Å². The topological polar surface area (TPSA) is 55.0 Å². The molecule has 0 saturated carbocycles. The lowest BCUT2D eigenvalue weighted by atomic mass is 10.1. The number of fused-ring (bicyclic) bond motifs is 1. The van der Waals surface area contributed by atoms with Gasteiger partial charge in [-0.25, -0.2) is 9.37 Å². The van der Waals surface area contributed by atoms with E-state index >= 15 is 0 Å². The Labute approximate surface area is 109 Å². The van der Waals surface area contributed by atoms with Crippen LogP contribution in [0.15, 0.2) is 23.0 Å². The van der Waals surface area contributed by atoms with Crippen LogP contribution in [0.25, 0.3) is 11.4 Å². The highest BCUT2D eigenvalue weighted by molar-refractivity contribution is 5.60. The van der Waals surface area contributed by atoms with E-state index in [4.69, 9.17) is 4.74 Å². The van der Waals surface area contributed by atoms with Gasteiger partial charge in [-0.1, -0.05) is 6.07 Å². The Bertz CT molecular complexity index is 694. The Morgan fingerprint density at radius 1 is 1.42 bits per heavy atom. The number of rotatable bonds is 1. The summed E-state index contributed by atoms with van der Waals surface area (Å²) < 4.78 is 18.6. The number of halogens is 1. The van der Waals surface area contributed by atoms with Crippen LogP contribution in [0.3, 0.4) is 0 Å². The Balaban J connectivity index is 2.18. The first-order valence-corrected chi connectivity index (χ1v) is 6.11. The van der Waals surface area contributed by atoms with E-state index in [9.17, 15) is 9.18 Å². The Hall–Kier alpha value is -2.01. The maximum Gasteiger partial charge on any atom is 0.256 e. The molecule has 1 aliphatic rings. The molecule has 1 aromatic heterocycles. The fraction of sp³-hybridized carbons (Fsp3) is 0.286. The summed E-state index contributed by atoms with van der Waals surface area (Å²) in [6, 6.07) is 4.45. The Kier molecular flexibility index (Phi) is 2.91. The minimum atomic E-state index is -0.343. The first-order valence-electron chi connectivity index (χ1n) is 6.11. The van der Waals surface area contributed by atoms with Gasteiger partial charge < -0.3 is 9.72 Å². The first kappa shape index (κ1) is 12.0. The quantitative estimate of drug-likeness (QED) is 0.852. The van der Waals surface area contributed by atoms with Gasteiger partial charge >= 0.3 is 0 Å². The molecule has 5 heteroatoms. The predicted molar refractivity (Wildman–Crippen MR) is 68.3 cm³/mol. The van der Waals surface area contributed by atoms with E-state index in [0.717, 1.165) is 11.3 Å². The van der Waals surface area contributed by atoms with Gasteiger partial charge in [0.25, 0.3) is 5.56 Å². The smallest absolute Gasteiger partial charge is 0.256 e. The van der Waals surface area contributed by atoms with Crippen molar-refractivity contribution in [1.29, 1.82) is 0 Å². The van der Waals surface area contributed by atoms with E-state index in [0.29, 0.717) is 36.6 Å². The maximum absolute atomic E-state index is 13.3. The van der Waals surface area contributed by atoms with E-state index in [2.05, 4.69) is 9.97 Å². The molecule has 0 atom stereocenters. The van der Waals surface area contributed by atoms with Crippen LogP contribution in [0, 0.1) is 12.7 Å². The van der Waals surface area contributed by atoms with Crippen molar-refractivity contribution in [3.63, 3.8) is 0 Å². The normalized spacial score (nSPS) is 14.2. The summed E-state index contributed by atoms with van der Waals surface area (Å²) >= 11 is 0. The van der Waals surface area contributed by atoms with Crippen molar-refractivity contribution < 1.29 is 9.13 Å². The average Bonchev–Trinajstić information content (AvgIpc) is 2.41. The molecule has 98 valence electrons. The Morgan fingerprint density at radius 2 is 2.26 bits per heavy atom. The first-order chi connectivity index (χ1) is 9.15. The van der Waals surface area contributed by atoms with Crippen molar-refractivity contribution in [2.75, 3.05) is 6.61 Å². The van der Waals surface area contributed by atoms with Crippen LogP contribution < -0.4 is 5.56 Å². The van der Waals surface area contributed by atoms with Gasteiger partial charge in [0, 0.05) is 12.0 Å². The van der Waals surface area contributed by atoms with Crippen LogP contribution in [0.5, 0.6) is 0 Å². The van der Waals surface area contributed by atoms with Crippen molar-refractivity contribution in [3.05, 3.63) is 51.2 Å². The number of nitrogens with one attached hydrogen (secondary N) is 1. The Morgan fingerprint density at radius 3 is 3.11 bits per heavy atom. The summed E-state index contributed by atoms with van der Waals surface area (Å²) in [6.45, 7) is 2.71. The number of aryl methyl sites for hydroxylation is 1. The highest BCUT2D eigenvalue weighted by Gasteiger charge is 2.17. The molecule has 3 rings (SSSR count). The van der Waals surface area contributed by atoms with Gasteiger partial charge in [-0.3, -0.25) is 4.79 Å². The second kappa shape index (κ2) is 4.59. The van der Waals surface area contributed by atoms with E-state index in [-0.39, 0.29) is 11.4 Å². The van der Waals surface area contributed by atoms with E-state index in [1.165, 1.54) is 12.1 Å². The average molecular weight is 260 g/mol. The number of benzene rings is 1. The van der Waals surface area contributed by atoms with Crippen molar-refractivity contribution in [1.82, 2.24) is 9.97 Å². The minimum Gasteiger partial charge on any atom is -0.376 e. The van der Waals surface area contributed by atoms with Gasteiger partial charge in [0.05, 0.1) is 24.5 Å². The van der Waals surface area contributed by atoms with Gasteiger partial charge in [-0.15, -0.1) is 0 Å². The molecular weight excluding hydrogens is 247 g/mol. The van der Waals surface area contributed by atoms with Crippen LogP contribution in [-0.2, 0) is 17.8 Å². The summed E-state index contributed by atoms with van der Waals surface area (Å²) in [5.74, 6) is 0.0759. The van der Waals surface area contributed by atoms with Gasteiger partial charge in [-0.2, -0.15) is 0 Å². The number of aromatic nitrogens is 2. The molecule has 0 bridgehead atoms. The highest BCUT2D eigenvalue weighted by Crippen LogP contribution is 2.21. The van der Waals surface area contributed by atoms with Crippen molar-refractivity contribution in [2.24, 2.45) is 0 Å². The lowest BCUT2D eigenvalue weighted by molar-refractivity contribution is 0.108. The largest absolute Gasteiger partial charge is 0.376 e. The molecule has 0 saturated heterocycles. The zero-order chi connectivity index (χ0) is 13.4. The molecular formula is C14H13FN2O2. The van der Waals surface area contributed by atoms with Crippen LogP contribution in [0.2, 0.25) is 0 Å². The highest BCUT2D eigenvalue weighted by atomic mass is 19.1. The molecule has 1 aliphatic heterocycles. The summed E-state index contributed by atoms with van der Waals surface area (Å²) in [7, 11) is 0. The molecule has 4 nitrogen and oxygen atoms in total. The molecule has 1 N–H and O–H groups in total. The van der Waals surface area contributed by atoms with E-state index in [1.54, 1.807) is 6.07 Å². The monoisotopic (exact) mass is 260 g/mol. The number of ether oxygens (including phenoxy) is 1. The van der Waals surface area contributed by atoms with E-state index < -0.39 is 0 Å². The third-order valence-electron chi connectivity index (χ3n) is 3.29. The third-order valence-corrected chi connectivity index (χ3v) is 3.29. The van der Waals surface area contributed by atoms with Crippen molar-refractivity contribution >= 4 is 0 Å². The maximum atomic E-state index is 13.3. The molecule has 0 spiro atoms. The summed E-state index contributed by atoms with van der Waals surface area (Å²) in [5.41, 5.74) is 2.60. The minimum absolute atomic E-state index is 0.205. The molecule has 0 amide bonds. The van der Waals surface area contributed by atoms with Gasteiger partial charge in [-0.05, 0) is 24.6 Å².